The molecule has 0 unspecified atom stereocenters. The summed E-state index contributed by atoms with van der Waals surface area (Å²) in [5.41, 5.74) is 2.98. The van der Waals surface area contributed by atoms with Crippen LogP contribution < -0.4 is 0 Å². The monoisotopic (exact) mass is 329 g/mol. The molecule has 0 fully saturated rings. The van der Waals surface area contributed by atoms with Crippen LogP contribution in [0.5, 0.6) is 0 Å². The first-order valence-electron chi connectivity index (χ1n) is 8.66. The third-order valence-electron chi connectivity index (χ3n) is 4.65. The van der Waals surface area contributed by atoms with Gasteiger partial charge in [-0.2, -0.15) is 0 Å². The van der Waals surface area contributed by atoms with Gasteiger partial charge in [0.15, 0.2) is 0 Å². The summed E-state index contributed by atoms with van der Waals surface area (Å²) in [5.74, 6) is 0.0494. The maximum Gasteiger partial charge on any atom is 0.254 e. The maximum absolute atomic E-state index is 13.3. The van der Waals surface area contributed by atoms with Gasteiger partial charge in [0.25, 0.3) is 5.91 Å². The highest BCUT2D eigenvalue weighted by atomic mass is 16.2. The summed E-state index contributed by atoms with van der Waals surface area (Å²) >= 11 is 0. The Morgan fingerprint density at radius 1 is 0.640 bits per heavy atom. The van der Waals surface area contributed by atoms with Crippen LogP contribution in [0, 0.1) is 0 Å². The van der Waals surface area contributed by atoms with Crippen molar-refractivity contribution in [3.05, 3.63) is 108 Å². The van der Waals surface area contributed by atoms with Crippen molar-refractivity contribution < 1.29 is 4.79 Å². The fourth-order valence-corrected chi connectivity index (χ4v) is 3.20. The minimum Gasteiger partial charge on any atom is -0.325 e. The van der Waals surface area contributed by atoms with E-state index in [-0.39, 0.29) is 18.0 Å². The Labute approximate surface area is 149 Å². The number of rotatable bonds is 5. The van der Waals surface area contributed by atoms with Crippen LogP contribution in [0.3, 0.4) is 0 Å². The lowest BCUT2D eigenvalue weighted by Gasteiger charge is -2.35. The fraction of sp³-hybridized carbons (Fsp3) is 0.174. The number of carbonyl (C=O) groups excluding carboxylic acids is 1. The lowest BCUT2D eigenvalue weighted by Crippen LogP contribution is -2.36. The Morgan fingerprint density at radius 2 is 1.00 bits per heavy atom. The molecule has 0 aliphatic rings. The van der Waals surface area contributed by atoms with Gasteiger partial charge in [0, 0.05) is 5.56 Å². The molecular formula is C23H23NO. The molecule has 0 N–H and O–H groups in total. The minimum absolute atomic E-state index is 0.0240. The van der Waals surface area contributed by atoms with Gasteiger partial charge in [-0.25, -0.2) is 0 Å². The molecule has 25 heavy (non-hydrogen) atoms. The second-order valence-electron chi connectivity index (χ2n) is 6.25. The van der Waals surface area contributed by atoms with Crippen LogP contribution in [-0.2, 0) is 0 Å². The third-order valence-corrected chi connectivity index (χ3v) is 4.65. The highest BCUT2D eigenvalue weighted by Gasteiger charge is 2.28. The third kappa shape index (κ3) is 3.80. The average Bonchev–Trinajstić information content (AvgIpc) is 2.70. The van der Waals surface area contributed by atoms with Crippen LogP contribution in [0.25, 0.3) is 0 Å². The SMILES string of the molecule is C[C@H](c1ccccc1)N(C(=O)c1ccccc1)[C@@H](C)c1ccccc1. The van der Waals surface area contributed by atoms with Crippen molar-refractivity contribution in [2.45, 2.75) is 25.9 Å². The van der Waals surface area contributed by atoms with Crippen LogP contribution in [-0.4, -0.2) is 10.8 Å². The molecule has 0 saturated heterocycles. The molecule has 2 atom stereocenters. The van der Waals surface area contributed by atoms with Gasteiger partial charge in [0.1, 0.15) is 0 Å². The highest BCUT2D eigenvalue weighted by Crippen LogP contribution is 2.31. The lowest BCUT2D eigenvalue weighted by atomic mass is 9.99. The van der Waals surface area contributed by atoms with Crippen LogP contribution in [0.15, 0.2) is 91.0 Å². The number of amides is 1. The molecule has 0 saturated carbocycles. The van der Waals surface area contributed by atoms with Gasteiger partial charge in [-0.15, -0.1) is 0 Å². The maximum atomic E-state index is 13.3. The molecule has 126 valence electrons. The van der Waals surface area contributed by atoms with Crippen LogP contribution in [0.1, 0.15) is 47.4 Å². The molecule has 0 spiro atoms. The van der Waals surface area contributed by atoms with E-state index in [1.165, 1.54) is 0 Å². The molecule has 0 radical (unpaired) electrons. The highest BCUT2D eigenvalue weighted by molar-refractivity contribution is 5.94. The van der Waals surface area contributed by atoms with E-state index in [9.17, 15) is 4.79 Å². The van der Waals surface area contributed by atoms with Crippen LogP contribution in [0.2, 0.25) is 0 Å². The van der Waals surface area contributed by atoms with Crippen molar-refractivity contribution in [3.63, 3.8) is 0 Å². The summed E-state index contributed by atoms with van der Waals surface area (Å²) in [6.07, 6.45) is 0. The molecule has 0 aliphatic carbocycles. The van der Waals surface area contributed by atoms with Gasteiger partial charge in [-0.1, -0.05) is 78.9 Å². The summed E-state index contributed by atoms with van der Waals surface area (Å²) in [6.45, 7) is 4.19. The van der Waals surface area contributed by atoms with Gasteiger partial charge in [0.05, 0.1) is 12.1 Å². The van der Waals surface area contributed by atoms with Gasteiger partial charge < -0.3 is 4.90 Å². The van der Waals surface area contributed by atoms with Gasteiger partial charge in [0.2, 0.25) is 0 Å². The summed E-state index contributed by atoms with van der Waals surface area (Å²) in [6, 6.07) is 29.8. The Balaban J connectivity index is 2.00. The Kier molecular flexibility index (Phi) is 5.30. The molecule has 0 heterocycles. The minimum atomic E-state index is -0.0240. The van der Waals surface area contributed by atoms with E-state index in [2.05, 4.69) is 38.1 Å². The van der Waals surface area contributed by atoms with Crippen LogP contribution in [0.4, 0.5) is 0 Å². The van der Waals surface area contributed by atoms with Crippen molar-refractivity contribution in [2.24, 2.45) is 0 Å². The number of nitrogens with zero attached hydrogens (tertiary/aromatic N) is 1. The Morgan fingerprint density at radius 3 is 1.40 bits per heavy atom. The smallest absolute Gasteiger partial charge is 0.254 e. The standard InChI is InChI=1S/C23H23NO/c1-18(20-12-6-3-7-13-20)24(19(2)21-14-8-4-9-15-21)23(25)22-16-10-5-11-17-22/h3-19H,1-2H3/t18-,19+. The van der Waals surface area contributed by atoms with Crippen molar-refractivity contribution >= 4 is 5.91 Å². The molecule has 2 heteroatoms. The van der Waals surface area contributed by atoms with E-state index in [1.54, 1.807) is 0 Å². The van der Waals surface area contributed by atoms with Crippen molar-refractivity contribution in [2.75, 3.05) is 0 Å². The van der Waals surface area contributed by atoms with Crippen LogP contribution >= 0.6 is 0 Å². The van der Waals surface area contributed by atoms with Crippen molar-refractivity contribution in [3.8, 4) is 0 Å². The fourth-order valence-electron chi connectivity index (χ4n) is 3.20. The normalized spacial score (nSPS) is 13.0. The molecule has 0 aliphatic heterocycles. The Bertz CT molecular complexity index is 754. The average molecular weight is 329 g/mol. The van der Waals surface area contributed by atoms with E-state index in [4.69, 9.17) is 0 Å². The largest absolute Gasteiger partial charge is 0.325 e. The number of hydrogen-bond acceptors (Lipinski definition) is 1. The molecular weight excluding hydrogens is 306 g/mol. The summed E-state index contributed by atoms with van der Waals surface area (Å²) in [5, 5.41) is 0. The van der Waals surface area contributed by atoms with E-state index in [1.807, 2.05) is 71.6 Å². The predicted octanol–water partition coefficient (Wildman–Crippen LogP) is 5.65. The molecule has 3 aromatic rings. The molecule has 0 aromatic heterocycles. The van der Waals surface area contributed by atoms with E-state index >= 15 is 0 Å². The molecule has 3 aromatic carbocycles. The van der Waals surface area contributed by atoms with Gasteiger partial charge in [-0.3, -0.25) is 4.79 Å². The first-order valence-corrected chi connectivity index (χ1v) is 8.66. The first kappa shape index (κ1) is 17.0. The van der Waals surface area contributed by atoms with E-state index in [0.29, 0.717) is 5.56 Å². The predicted molar refractivity (Wildman–Crippen MR) is 102 cm³/mol. The summed E-state index contributed by atoms with van der Waals surface area (Å²) in [7, 11) is 0. The molecule has 0 bridgehead atoms. The van der Waals surface area contributed by atoms with Crippen molar-refractivity contribution in [1.29, 1.82) is 0 Å². The number of benzene rings is 3. The van der Waals surface area contributed by atoms with Gasteiger partial charge >= 0.3 is 0 Å². The number of carbonyl (C=O) groups is 1. The molecule has 3 rings (SSSR count). The van der Waals surface area contributed by atoms with Crippen molar-refractivity contribution in [1.82, 2.24) is 4.90 Å². The van der Waals surface area contributed by atoms with Gasteiger partial charge in [-0.05, 0) is 37.1 Å². The quantitative estimate of drug-likeness (QED) is 0.592. The lowest BCUT2D eigenvalue weighted by molar-refractivity contribution is 0.0604. The topological polar surface area (TPSA) is 20.3 Å². The second-order valence-corrected chi connectivity index (χ2v) is 6.25. The van der Waals surface area contributed by atoms with E-state index < -0.39 is 0 Å². The summed E-state index contributed by atoms with van der Waals surface area (Å²) in [4.78, 5) is 15.3. The Hall–Kier alpha value is -2.87. The molecule has 2 nitrogen and oxygen atoms in total. The zero-order chi connectivity index (χ0) is 17.6. The molecule has 1 amide bonds. The number of hydrogen-bond donors (Lipinski definition) is 0. The zero-order valence-corrected chi connectivity index (χ0v) is 14.7. The summed E-state index contributed by atoms with van der Waals surface area (Å²) < 4.78 is 0. The second kappa shape index (κ2) is 7.80. The first-order chi connectivity index (χ1) is 12.2. The van der Waals surface area contributed by atoms with E-state index in [0.717, 1.165) is 11.1 Å². The zero-order valence-electron chi connectivity index (χ0n) is 14.7.